The SMILES string of the molecule is O=C(N/N=C/c1ccc(Br)cc1)C(O)c1ccccc1. The van der Waals surface area contributed by atoms with Crippen LogP contribution in [0.5, 0.6) is 0 Å². The first-order valence-electron chi connectivity index (χ1n) is 5.98. The summed E-state index contributed by atoms with van der Waals surface area (Å²) in [5.74, 6) is -0.565. The molecule has 102 valence electrons. The van der Waals surface area contributed by atoms with Gasteiger partial charge in [-0.15, -0.1) is 0 Å². The number of rotatable bonds is 4. The van der Waals surface area contributed by atoms with Gasteiger partial charge in [0.25, 0.3) is 5.91 Å². The molecule has 2 aromatic rings. The Morgan fingerprint density at radius 1 is 1.15 bits per heavy atom. The number of nitrogens with zero attached hydrogens (tertiary/aromatic N) is 1. The quantitative estimate of drug-likeness (QED) is 0.667. The van der Waals surface area contributed by atoms with Gasteiger partial charge in [0, 0.05) is 4.47 Å². The zero-order valence-electron chi connectivity index (χ0n) is 10.5. The lowest BCUT2D eigenvalue weighted by Gasteiger charge is -2.08. The fourth-order valence-electron chi connectivity index (χ4n) is 1.57. The summed E-state index contributed by atoms with van der Waals surface area (Å²) in [6, 6.07) is 16.2. The van der Waals surface area contributed by atoms with Crippen LogP contribution in [0.4, 0.5) is 0 Å². The summed E-state index contributed by atoms with van der Waals surface area (Å²) in [5.41, 5.74) is 3.69. The molecule has 0 heterocycles. The zero-order chi connectivity index (χ0) is 14.4. The van der Waals surface area contributed by atoms with Gasteiger partial charge in [0.1, 0.15) is 0 Å². The van der Waals surface area contributed by atoms with Gasteiger partial charge in [0.05, 0.1) is 6.21 Å². The molecule has 1 unspecified atom stereocenters. The van der Waals surface area contributed by atoms with Crippen molar-refractivity contribution in [3.63, 3.8) is 0 Å². The highest BCUT2D eigenvalue weighted by atomic mass is 79.9. The molecule has 0 fully saturated rings. The fraction of sp³-hybridized carbons (Fsp3) is 0.0667. The first kappa shape index (κ1) is 14.4. The topological polar surface area (TPSA) is 61.7 Å². The molecule has 0 aliphatic rings. The lowest BCUT2D eigenvalue weighted by molar-refractivity contribution is -0.129. The fourth-order valence-corrected chi connectivity index (χ4v) is 1.83. The third kappa shape index (κ3) is 4.01. The van der Waals surface area contributed by atoms with Gasteiger partial charge in [-0.2, -0.15) is 5.10 Å². The Hall–Kier alpha value is -1.98. The molecule has 1 atom stereocenters. The van der Waals surface area contributed by atoms with Crippen molar-refractivity contribution in [3.05, 3.63) is 70.2 Å². The molecule has 0 radical (unpaired) electrons. The average Bonchev–Trinajstić information content (AvgIpc) is 2.49. The molecular weight excluding hydrogens is 320 g/mol. The Bertz CT molecular complexity index is 597. The zero-order valence-corrected chi connectivity index (χ0v) is 12.1. The third-order valence-corrected chi connectivity index (χ3v) is 3.15. The standard InChI is InChI=1S/C15H13BrN2O2/c16-13-8-6-11(7-9-13)10-17-18-15(20)14(19)12-4-2-1-3-5-12/h1-10,14,19H,(H,18,20)/b17-10+. The van der Waals surface area contributed by atoms with Gasteiger partial charge < -0.3 is 5.11 Å². The van der Waals surface area contributed by atoms with Crippen LogP contribution in [0.2, 0.25) is 0 Å². The van der Waals surface area contributed by atoms with E-state index in [1.165, 1.54) is 6.21 Å². The smallest absolute Gasteiger partial charge is 0.273 e. The van der Waals surface area contributed by atoms with Crippen LogP contribution in [0.25, 0.3) is 0 Å². The monoisotopic (exact) mass is 332 g/mol. The molecule has 2 aromatic carbocycles. The van der Waals surface area contributed by atoms with Crippen LogP contribution >= 0.6 is 15.9 Å². The molecule has 0 aliphatic carbocycles. The number of hydrogen-bond acceptors (Lipinski definition) is 3. The number of aliphatic hydroxyl groups excluding tert-OH is 1. The van der Waals surface area contributed by atoms with E-state index in [2.05, 4.69) is 26.5 Å². The number of nitrogens with one attached hydrogen (secondary N) is 1. The Labute approximate surface area is 125 Å². The number of amides is 1. The van der Waals surface area contributed by atoms with Crippen LogP contribution in [-0.4, -0.2) is 17.2 Å². The van der Waals surface area contributed by atoms with Gasteiger partial charge in [-0.3, -0.25) is 4.79 Å². The predicted molar refractivity (Wildman–Crippen MR) is 81.3 cm³/mol. The number of carbonyl (C=O) groups is 1. The second kappa shape index (κ2) is 6.98. The molecule has 5 heteroatoms. The molecular formula is C15H13BrN2O2. The number of aliphatic hydroxyl groups is 1. The largest absolute Gasteiger partial charge is 0.378 e. The first-order chi connectivity index (χ1) is 9.66. The van der Waals surface area contributed by atoms with Crippen molar-refractivity contribution in [3.8, 4) is 0 Å². The maximum absolute atomic E-state index is 11.7. The molecule has 0 aliphatic heterocycles. The van der Waals surface area contributed by atoms with Crippen molar-refractivity contribution in [2.75, 3.05) is 0 Å². The molecule has 0 bridgehead atoms. The van der Waals surface area contributed by atoms with Crippen LogP contribution in [-0.2, 0) is 4.79 Å². The maximum atomic E-state index is 11.7. The predicted octanol–water partition coefficient (Wildman–Crippen LogP) is 2.63. The number of hydrogen-bond donors (Lipinski definition) is 2. The molecule has 20 heavy (non-hydrogen) atoms. The van der Waals surface area contributed by atoms with E-state index in [9.17, 15) is 9.90 Å². The minimum Gasteiger partial charge on any atom is -0.378 e. The number of benzene rings is 2. The summed E-state index contributed by atoms with van der Waals surface area (Å²) in [5, 5.41) is 13.6. The second-order valence-corrected chi connectivity index (χ2v) is 5.01. The summed E-state index contributed by atoms with van der Waals surface area (Å²) in [7, 11) is 0. The van der Waals surface area contributed by atoms with Crippen molar-refractivity contribution in [2.45, 2.75) is 6.10 Å². The van der Waals surface area contributed by atoms with E-state index in [0.717, 1.165) is 10.0 Å². The summed E-state index contributed by atoms with van der Waals surface area (Å²) in [6.45, 7) is 0. The van der Waals surface area contributed by atoms with Gasteiger partial charge in [-0.05, 0) is 23.3 Å². The van der Waals surface area contributed by atoms with Crippen molar-refractivity contribution in [2.24, 2.45) is 5.10 Å². The van der Waals surface area contributed by atoms with Crippen LogP contribution in [0.15, 0.2) is 64.2 Å². The molecule has 0 aromatic heterocycles. The third-order valence-electron chi connectivity index (χ3n) is 2.62. The highest BCUT2D eigenvalue weighted by molar-refractivity contribution is 9.10. The summed E-state index contributed by atoms with van der Waals surface area (Å²) in [4.78, 5) is 11.7. The number of carbonyl (C=O) groups excluding carboxylic acids is 1. The van der Waals surface area contributed by atoms with Gasteiger partial charge in [0.15, 0.2) is 6.10 Å². The van der Waals surface area contributed by atoms with Crippen LogP contribution in [0.3, 0.4) is 0 Å². The molecule has 0 saturated heterocycles. The normalized spacial score (nSPS) is 12.3. The first-order valence-corrected chi connectivity index (χ1v) is 6.77. The Morgan fingerprint density at radius 2 is 1.80 bits per heavy atom. The van der Waals surface area contributed by atoms with Crippen molar-refractivity contribution < 1.29 is 9.90 Å². The second-order valence-electron chi connectivity index (χ2n) is 4.10. The van der Waals surface area contributed by atoms with Crippen molar-refractivity contribution in [1.82, 2.24) is 5.43 Å². The number of halogens is 1. The Morgan fingerprint density at radius 3 is 2.45 bits per heavy atom. The summed E-state index contributed by atoms with van der Waals surface area (Å²) < 4.78 is 0.971. The van der Waals surface area contributed by atoms with Crippen LogP contribution in [0.1, 0.15) is 17.2 Å². The van der Waals surface area contributed by atoms with Crippen LogP contribution in [0, 0.1) is 0 Å². The lowest BCUT2D eigenvalue weighted by atomic mass is 10.1. The van der Waals surface area contributed by atoms with Gasteiger partial charge in [-0.1, -0.05) is 58.4 Å². The van der Waals surface area contributed by atoms with Gasteiger partial charge in [-0.25, -0.2) is 5.43 Å². The molecule has 0 saturated carbocycles. The van der Waals surface area contributed by atoms with Gasteiger partial charge >= 0.3 is 0 Å². The van der Waals surface area contributed by atoms with E-state index in [4.69, 9.17) is 0 Å². The highest BCUT2D eigenvalue weighted by Gasteiger charge is 2.15. The van der Waals surface area contributed by atoms with E-state index < -0.39 is 12.0 Å². The van der Waals surface area contributed by atoms with E-state index in [1.807, 2.05) is 30.3 Å². The van der Waals surface area contributed by atoms with Crippen molar-refractivity contribution >= 4 is 28.1 Å². The minimum atomic E-state index is -1.22. The van der Waals surface area contributed by atoms with E-state index in [-0.39, 0.29) is 0 Å². The lowest BCUT2D eigenvalue weighted by Crippen LogP contribution is -2.25. The Kier molecular flexibility index (Phi) is 5.03. The maximum Gasteiger partial charge on any atom is 0.273 e. The molecule has 4 nitrogen and oxygen atoms in total. The molecule has 2 rings (SSSR count). The molecule has 2 N–H and O–H groups in total. The van der Waals surface area contributed by atoms with E-state index >= 15 is 0 Å². The summed E-state index contributed by atoms with van der Waals surface area (Å²) >= 11 is 3.33. The summed E-state index contributed by atoms with van der Waals surface area (Å²) in [6.07, 6.45) is 0.292. The van der Waals surface area contributed by atoms with E-state index in [0.29, 0.717) is 5.56 Å². The average molecular weight is 333 g/mol. The molecule has 0 spiro atoms. The van der Waals surface area contributed by atoms with Crippen molar-refractivity contribution in [1.29, 1.82) is 0 Å². The minimum absolute atomic E-state index is 0.531. The van der Waals surface area contributed by atoms with Crippen LogP contribution < -0.4 is 5.43 Å². The Balaban J connectivity index is 1.93. The highest BCUT2D eigenvalue weighted by Crippen LogP contribution is 2.12. The number of hydrazone groups is 1. The van der Waals surface area contributed by atoms with Gasteiger partial charge in [0.2, 0.25) is 0 Å². The molecule has 1 amide bonds. The van der Waals surface area contributed by atoms with E-state index in [1.54, 1.807) is 24.3 Å².